The van der Waals surface area contributed by atoms with Crippen molar-refractivity contribution in [2.24, 2.45) is 5.73 Å². The van der Waals surface area contributed by atoms with Crippen LogP contribution < -0.4 is 5.73 Å². The molecule has 2 N–H and O–H groups in total. The molecule has 0 aliphatic heterocycles. The van der Waals surface area contributed by atoms with Crippen LogP contribution in [-0.2, 0) is 6.54 Å². The number of hydrogen-bond acceptors (Lipinski definition) is 3. The molecular weight excluding hydrogens is 200 g/mol. The predicted molar refractivity (Wildman–Crippen MR) is 67.3 cm³/mol. The van der Waals surface area contributed by atoms with E-state index in [0.717, 1.165) is 37.5 Å². The number of furan rings is 1. The summed E-state index contributed by atoms with van der Waals surface area (Å²) in [6.07, 6.45) is 2.17. The summed E-state index contributed by atoms with van der Waals surface area (Å²) in [5.41, 5.74) is 5.89. The second-order valence-electron chi connectivity index (χ2n) is 5.34. The minimum Gasteiger partial charge on any atom is -0.465 e. The van der Waals surface area contributed by atoms with E-state index in [0.29, 0.717) is 0 Å². The van der Waals surface area contributed by atoms with Crippen LogP contribution in [0, 0.1) is 6.92 Å². The summed E-state index contributed by atoms with van der Waals surface area (Å²) in [6, 6.07) is 4.05. The topological polar surface area (TPSA) is 42.4 Å². The third kappa shape index (κ3) is 5.33. The third-order valence-corrected chi connectivity index (χ3v) is 2.58. The van der Waals surface area contributed by atoms with Crippen LogP contribution in [0.1, 0.15) is 38.2 Å². The Bertz CT molecular complexity index is 312. The minimum atomic E-state index is -0.0535. The van der Waals surface area contributed by atoms with Gasteiger partial charge in [-0.1, -0.05) is 0 Å². The Balaban J connectivity index is 2.23. The normalized spacial score (nSPS) is 12.4. The first-order valence-electron chi connectivity index (χ1n) is 5.89. The fourth-order valence-electron chi connectivity index (χ4n) is 1.72. The lowest BCUT2D eigenvalue weighted by Gasteiger charge is -2.21. The van der Waals surface area contributed by atoms with E-state index in [2.05, 4.69) is 25.8 Å². The molecule has 0 amide bonds. The average molecular weight is 224 g/mol. The summed E-state index contributed by atoms with van der Waals surface area (Å²) >= 11 is 0. The number of hydrogen-bond donors (Lipinski definition) is 1. The zero-order valence-corrected chi connectivity index (χ0v) is 10.9. The van der Waals surface area contributed by atoms with Crippen LogP contribution in [0.2, 0.25) is 0 Å². The molecule has 1 aromatic rings. The molecule has 16 heavy (non-hydrogen) atoms. The van der Waals surface area contributed by atoms with Crippen LogP contribution in [0.4, 0.5) is 0 Å². The number of rotatable bonds is 6. The quantitative estimate of drug-likeness (QED) is 0.807. The summed E-state index contributed by atoms with van der Waals surface area (Å²) in [5, 5.41) is 0. The maximum Gasteiger partial charge on any atom is 0.118 e. The Kier molecular flexibility index (Phi) is 4.56. The van der Waals surface area contributed by atoms with Gasteiger partial charge in [0, 0.05) is 5.54 Å². The molecule has 92 valence electrons. The first-order chi connectivity index (χ1) is 7.37. The lowest BCUT2D eigenvalue weighted by molar-refractivity contribution is 0.277. The predicted octanol–water partition coefficient (Wildman–Crippen LogP) is 2.54. The highest BCUT2D eigenvalue weighted by Gasteiger charge is 2.11. The van der Waals surface area contributed by atoms with Crippen LogP contribution in [0.5, 0.6) is 0 Å². The van der Waals surface area contributed by atoms with Crippen molar-refractivity contribution in [3.05, 3.63) is 23.7 Å². The fraction of sp³-hybridized carbons (Fsp3) is 0.692. The van der Waals surface area contributed by atoms with Crippen molar-refractivity contribution in [2.45, 2.75) is 45.7 Å². The standard InChI is InChI=1S/C13H24N2O/c1-11-6-7-12(16-11)10-15(4)9-5-8-13(2,3)14/h6-7H,5,8-10,14H2,1-4H3. The van der Waals surface area contributed by atoms with E-state index in [1.165, 1.54) is 0 Å². The van der Waals surface area contributed by atoms with E-state index in [1.54, 1.807) is 0 Å². The summed E-state index contributed by atoms with van der Waals surface area (Å²) < 4.78 is 5.54. The molecular formula is C13H24N2O. The van der Waals surface area contributed by atoms with Gasteiger partial charge >= 0.3 is 0 Å². The van der Waals surface area contributed by atoms with Gasteiger partial charge in [0.05, 0.1) is 6.54 Å². The number of aryl methyl sites for hydroxylation is 1. The Morgan fingerprint density at radius 3 is 2.56 bits per heavy atom. The maximum absolute atomic E-state index is 5.94. The molecule has 1 aromatic heterocycles. The highest BCUT2D eigenvalue weighted by molar-refractivity contribution is 5.05. The van der Waals surface area contributed by atoms with Gasteiger partial charge in [0.25, 0.3) is 0 Å². The highest BCUT2D eigenvalue weighted by atomic mass is 16.3. The number of nitrogens with two attached hydrogens (primary N) is 1. The Labute approximate surface area is 98.6 Å². The van der Waals surface area contributed by atoms with Gasteiger partial charge in [-0.2, -0.15) is 0 Å². The van der Waals surface area contributed by atoms with Crippen LogP contribution in [0.25, 0.3) is 0 Å². The van der Waals surface area contributed by atoms with E-state index in [-0.39, 0.29) is 5.54 Å². The van der Waals surface area contributed by atoms with Crippen LogP contribution >= 0.6 is 0 Å². The molecule has 3 heteroatoms. The van der Waals surface area contributed by atoms with Gasteiger partial charge < -0.3 is 10.2 Å². The van der Waals surface area contributed by atoms with Gasteiger partial charge in [-0.3, -0.25) is 4.90 Å². The molecule has 0 fully saturated rings. The van der Waals surface area contributed by atoms with Crippen molar-refractivity contribution in [3.63, 3.8) is 0 Å². The van der Waals surface area contributed by atoms with Gasteiger partial charge in [-0.05, 0) is 59.3 Å². The summed E-state index contributed by atoms with van der Waals surface area (Å²) in [7, 11) is 2.11. The first-order valence-corrected chi connectivity index (χ1v) is 5.89. The largest absolute Gasteiger partial charge is 0.465 e. The van der Waals surface area contributed by atoms with Crippen LogP contribution in [-0.4, -0.2) is 24.0 Å². The van der Waals surface area contributed by atoms with Crippen LogP contribution in [0.15, 0.2) is 16.5 Å². The van der Waals surface area contributed by atoms with Crippen molar-refractivity contribution in [1.29, 1.82) is 0 Å². The zero-order valence-electron chi connectivity index (χ0n) is 10.9. The van der Waals surface area contributed by atoms with Crippen molar-refractivity contribution < 1.29 is 4.42 Å². The summed E-state index contributed by atoms with van der Waals surface area (Å²) in [6.45, 7) is 8.05. The van der Waals surface area contributed by atoms with Crippen LogP contribution in [0.3, 0.4) is 0 Å². The van der Waals surface area contributed by atoms with Gasteiger partial charge in [-0.25, -0.2) is 0 Å². The number of nitrogens with zero attached hydrogens (tertiary/aromatic N) is 1. The molecule has 0 spiro atoms. The molecule has 0 aliphatic rings. The van der Waals surface area contributed by atoms with Crippen molar-refractivity contribution in [2.75, 3.05) is 13.6 Å². The molecule has 1 rings (SSSR count). The molecule has 0 unspecified atom stereocenters. The average Bonchev–Trinajstić information content (AvgIpc) is 2.48. The lowest BCUT2D eigenvalue weighted by Crippen LogP contribution is -2.33. The molecule has 0 bridgehead atoms. The second kappa shape index (κ2) is 5.51. The van der Waals surface area contributed by atoms with Gasteiger partial charge in [0.15, 0.2) is 0 Å². The molecule has 1 heterocycles. The molecule has 0 aromatic carbocycles. The highest BCUT2D eigenvalue weighted by Crippen LogP contribution is 2.11. The second-order valence-corrected chi connectivity index (χ2v) is 5.34. The van der Waals surface area contributed by atoms with E-state index in [1.807, 2.05) is 19.1 Å². The van der Waals surface area contributed by atoms with Crippen molar-refractivity contribution in [1.82, 2.24) is 4.90 Å². The van der Waals surface area contributed by atoms with Crippen molar-refractivity contribution in [3.8, 4) is 0 Å². The Hall–Kier alpha value is -0.800. The van der Waals surface area contributed by atoms with Gasteiger partial charge in [-0.15, -0.1) is 0 Å². The first kappa shape index (κ1) is 13.3. The van der Waals surface area contributed by atoms with Gasteiger partial charge in [0.1, 0.15) is 11.5 Å². The summed E-state index contributed by atoms with van der Waals surface area (Å²) in [5.74, 6) is 2.01. The fourth-order valence-corrected chi connectivity index (χ4v) is 1.72. The van der Waals surface area contributed by atoms with Crippen molar-refractivity contribution >= 4 is 0 Å². The summed E-state index contributed by atoms with van der Waals surface area (Å²) in [4.78, 5) is 2.27. The molecule has 0 saturated carbocycles. The molecule has 0 radical (unpaired) electrons. The lowest BCUT2D eigenvalue weighted by atomic mass is 10.0. The van der Waals surface area contributed by atoms with Gasteiger partial charge in [0.2, 0.25) is 0 Å². The van der Waals surface area contributed by atoms with E-state index in [9.17, 15) is 0 Å². The Morgan fingerprint density at radius 2 is 2.06 bits per heavy atom. The maximum atomic E-state index is 5.94. The van der Waals surface area contributed by atoms with E-state index in [4.69, 9.17) is 10.2 Å². The monoisotopic (exact) mass is 224 g/mol. The molecule has 3 nitrogen and oxygen atoms in total. The Morgan fingerprint density at radius 1 is 1.38 bits per heavy atom. The smallest absolute Gasteiger partial charge is 0.118 e. The minimum absolute atomic E-state index is 0.0535. The van der Waals surface area contributed by atoms with E-state index < -0.39 is 0 Å². The molecule has 0 aliphatic carbocycles. The zero-order chi connectivity index (χ0) is 12.2. The molecule has 0 saturated heterocycles. The molecule has 0 atom stereocenters. The SMILES string of the molecule is Cc1ccc(CN(C)CCCC(C)(C)N)o1. The third-order valence-electron chi connectivity index (χ3n) is 2.58. The van der Waals surface area contributed by atoms with E-state index >= 15 is 0 Å².